The maximum Gasteiger partial charge on any atom is 0.261 e. The number of fused-ring (bicyclic) bond motifs is 1. The van der Waals surface area contributed by atoms with Gasteiger partial charge in [-0.25, -0.2) is 5.84 Å². The van der Waals surface area contributed by atoms with Crippen molar-refractivity contribution in [1.29, 1.82) is 0 Å². The summed E-state index contributed by atoms with van der Waals surface area (Å²) in [5.74, 6) is 4.07. The standard InChI is InChI=1S/C13H13N3O3/c14-15-11(17)7-5-8(6-7)16-12(18)9-3-1-2-4-10(9)13(16)19/h1-4,7-8H,5-6,14H2,(H,15,17). The van der Waals surface area contributed by atoms with Crippen LogP contribution in [0, 0.1) is 5.92 Å². The molecule has 19 heavy (non-hydrogen) atoms. The van der Waals surface area contributed by atoms with E-state index in [9.17, 15) is 14.4 Å². The molecular formula is C13H13N3O3. The first-order chi connectivity index (χ1) is 9.13. The highest BCUT2D eigenvalue weighted by atomic mass is 16.2. The number of hydrogen-bond donors (Lipinski definition) is 2. The number of nitrogens with two attached hydrogens (primary N) is 1. The monoisotopic (exact) mass is 259 g/mol. The average molecular weight is 259 g/mol. The Labute approximate surface area is 109 Å². The molecule has 1 aromatic carbocycles. The number of carbonyl (C=O) groups excluding carboxylic acids is 3. The summed E-state index contributed by atoms with van der Waals surface area (Å²) in [5, 5.41) is 0. The second-order valence-electron chi connectivity index (χ2n) is 4.86. The van der Waals surface area contributed by atoms with Crippen molar-refractivity contribution in [2.75, 3.05) is 0 Å². The van der Waals surface area contributed by atoms with Gasteiger partial charge in [0.2, 0.25) is 5.91 Å². The van der Waals surface area contributed by atoms with E-state index in [1.165, 1.54) is 4.90 Å². The Morgan fingerprint density at radius 1 is 1.16 bits per heavy atom. The van der Waals surface area contributed by atoms with Crippen LogP contribution in [0.3, 0.4) is 0 Å². The van der Waals surface area contributed by atoms with E-state index in [2.05, 4.69) is 5.43 Å². The molecule has 2 aliphatic rings. The highest BCUT2D eigenvalue weighted by Gasteiger charge is 2.46. The number of carbonyl (C=O) groups is 3. The third-order valence-corrected chi connectivity index (χ3v) is 3.82. The normalized spacial score (nSPS) is 25.0. The van der Waals surface area contributed by atoms with Gasteiger partial charge in [0.25, 0.3) is 11.8 Å². The van der Waals surface area contributed by atoms with E-state index in [1.807, 2.05) is 0 Å². The van der Waals surface area contributed by atoms with E-state index < -0.39 is 0 Å². The minimum absolute atomic E-state index is 0.199. The molecule has 0 aromatic heterocycles. The molecule has 1 fully saturated rings. The van der Waals surface area contributed by atoms with E-state index in [4.69, 9.17) is 5.84 Å². The van der Waals surface area contributed by atoms with E-state index >= 15 is 0 Å². The second kappa shape index (κ2) is 4.17. The quantitative estimate of drug-likeness (QED) is 0.340. The Kier molecular flexibility index (Phi) is 2.60. The van der Waals surface area contributed by atoms with Crippen molar-refractivity contribution in [3.8, 4) is 0 Å². The fourth-order valence-electron chi connectivity index (χ4n) is 2.67. The van der Waals surface area contributed by atoms with E-state index in [0.717, 1.165) is 0 Å². The topological polar surface area (TPSA) is 92.5 Å². The van der Waals surface area contributed by atoms with Crippen molar-refractivity contribution >= 4 is 17.7 Å². The Hall–Kier alpha value is -2.21. The van der Waals surface area contributed by atoms with E-state index in [-0.39, 0.29) is 29.7 Å². The molecule has 3 amide bonds. The summed E-state index contributed by atoms with van der Waals surface area (Å²) in [6, 6.07) is 6.57. The first-order valence-corrected chi connectivity index (χ1v) is 6.11. The number of benzene rings is 1. The van der Waals surface area contributed by atoms with Gasteiger partial charge in [-0.2, -0.15) is 0 Å². The molecule has 3 rings (SSSR count). The number of nitrogens with one attached hydrogen (secondary N) is 1. The van der Waals surface area contributed by atoms with Gasteiger partial charge >= 0.3 is 0 Å². The molecule has 1 aliphatic carbocycles. The van der Waals surface area contributed by atoms with Crippen LogP contribution in [-0.2, 0) is 4.79 Å². The van der Waals surface area contributed by atoms with Gasteiger partial charge in [0.1, 0.15) is 0 Å². The highest BCUT2D eigenvalue weighted by molar-refractivity contribution is 6.21. The average Bonchev–Trinajstić information content (AvgIpc) is 2.62. The molecule has 1 aromatic rings. The Bertz CT molecular complexity index is 543. The lowest BCUT2D eigenvalue weighted by atomic mass is 9.79. The predicted molar refractivity (Wildman–Crippen MR) is 65.8 cm³/mol. The molecule has 0 radical (unpaired) electrons. The Morgan fingerprint density at radius 3 is 2.16 bits per heavy atom. The lowest BCUT2D eigenvalue weighted by molar-refractivity contribution is -0.129. The molecule has 0 spiro atoms. The fourth-order valence-corrected chi connectivity index (χ4v) is 2.67. The zero-order chi connectivity index (χ0) is 13.6. The zero-order valence-corrected chi connectivity index (χ0v) is 10.1. The van der Waals surface area contributed by atoms with Crippen LogP contribution < -0.4 is 11.3 Å². The first kappa shape index (κ1) is 11.9. The number of hydrazine groups is 1. The summed E-state index contributed by atoms with van der Waals surface area (Å²) in [4.78, 5) is 36.9. The molecule has 1 saturated carbocycles. The fraction of sp³-hybridized carbons (Fsp3) is 0.308. The van der Waals surface area contributed by atoms with Crippen LogP contribution in [0.1, 0.15) is 33.6 Å². The van der Waals surface area contributed by atoms with Gasteiger partial charge in [-0.15, -0.1) is 0 Å². The summed E-state index contributed by atoms with van der Waals surface area (Å²) < 4.78 is 0. The zero-order valence-electron chi connectivity index (χ0n) is 10.1. The molecule has 0 bridgehead atoms. The summed E-state index contributed by atoms with van der Waals surface area (Å²) in [6.07, 6.45) is 0.961. The molecule has 6 heteroatoms. The molecule has 6 nitrogen and oxygen atoms in total. The van der Waals surface area contributed by atoms with Crippen molar-refractivity contribution in [2.24, 2.45) is 11.8 Å². The Morgan fingerprint density at radius 2 is 1.68 bits per heavy atom. The molecule has 3 N–H and O–H groups in total. The highest BCUT2D eigenvalue weighted by Crippen LogP contribution is 2.36. The third kappa shape index (κ3) is 1.64. The van der Waals surface area contributed by atoms with Crippen molar-refractivity contribution in [2.45, 2.75) is 18.9 Å². The Balaban J connectivity index is 1.78. The van der Waals surface area contributed by atoms with Crippen LogP contribution in [0.2, 0.25) is 0 Å². The summed E-state index contributed by atoms with van der Waals surface area (Å²) in [6.45, 7) is 0. The van der Waals surface area contributed by atoms with Crippen molar-refractivity contribution < 1.29 is 14.4 Å². The maximum atomic E-state index is 12.2. The van der Waals surface area contributed by atoms with Crippen LogP contribution in [0.5, 0.6) is 0 Å². The maximum absolute atomic E-state index is 12.2. The van der Waals surface area contributed by atoms with E-state index in [0.29, 0.717) is 24.0 Å². The van der Waals surface area contributed by atoms with Crippen LogP contribution in [0.4, 0.5) is 0 Å². The number of hydrogen-bond acceptors (Lipinski definition) is 4. The third-order valence-electron chi connectivity index (χ3n) is 3.82. The smallest absolute Gasteiger partial charge is 0.261 e. The molecule has 0 saturated heterocycles. The van der Waals surface area contributed by atoms with Crippen LogP contribution in [-0.4, -0.2) is 28.7 Å². The largest absolute Gasteiger partial charge is 0.294 e. The van der Waals surface area contributed by atoms with Gasteiger partial charge in [0.15, 0.2) is 0 Å². The summed E-state index contributed by atoms with van der Waals surface area (Å²) in [7, 11) is 0. The van der Waals surface area contributed by atoms with Crippen LogP contribution >= 0.6 is 0 Å². The number of rotatable bonds is 2. The molecule has 0 atom stereocenters. The summed E-state index contributed by atoms with van der Waals surface area (Å²) >= 11 is 0. The van der Waals surface area contributed by atoms with Crippen molar-refractivity contribution in [3.63, 3.8) is 0 Å². The predicted octanol–water partition coefficient (Wildman–Crippen LogP) is 0.0511. The number of amides is 3. The van der Waals surface area contributed by atoms with Gasteiger partial charge in [-0.3, -0.25) is 24.7 Å². The summed E-state index contributed by atoms with van der Waals surface area (Å²) in [5.41, 5.74) is 2.98. The van der Waals surface area contributed by atoms with Crippen LogP contribution in [0.25, 0.3) is 0 Å². The van der Waals surface area contributed by atoms with Gasteiger partial charge in [-0.1, -0.05) is 12.1 Å². The van der Waals surface area contributed by atoms with Crippen molar-refractivity contribution in [1.82, 2.24) is 10.3 Å². The van der Waals surface area contributed by atoms with Gasteiger partial charge < -0.3 is 0 Å². The molecule has 1 aliphatic heterocycles. The van der Waals surface area contributed by atoms with Gasteiger partial charge in [0.05, 0.1) is 11.1 Å². The minimum atomic E-state index is -0.266. The molecular weight excluding hydrogens is 246 g/mol. The lowest BCUT2D eigenvalue weighted by Crippen LogP contribution is -2.52. The number of imide groups is 1. The molecule has 0 unspecified atom stereocenters. The molecule has 1 heterocycles. The minimum Gasteiger partial charge on any atom is -0.294 e. The van der Waals surface area contributed by atoms with Gasteiger partial charge in [-0.05, 0) is 25.0 Å². The lowest BCUT2D eigenvalue weighted by Gasteiger charge is -2.38. The first-order valence-electron chi connectivity index (χ1n) is 6.11. The van der Waals surface area contributed by atoms with Crippen LogP contribution in [0.15, 0.2) is 24.3 Å². The van der Waals surface area contributed by atoms with Crippen molar-refractivity contribution in [3.05, 3.63) is 35.4 Å². The van der Waals surface area contributed by atoms with E-state index in [1.54, 1.807) is 24.3 Å². The SMILES string of the molecule is NNC(=O)C1CC(N2C(=O)c3ccccc3C2=O)C1. The molecule has 98 valence electrons. The van der Waals surface area contributed by atoms with Gasteiger partial charge in [0, 0.05) is 12.0 Å². The number of nitrogens with zero attached hydrogens (tertiary/aromatic N) is 1. The second-order valence-corrected chi connectivity index (χ2v) is 4.86.